The van der Waals surface area contributed by atoms with Crippen LogP contribution in [0.25, 0.3) is 0 Å². The third-order valence-electron chi connectivity index (χ3n) is 5.72. The zero-order chi connectivity index (χ0) is 26.8. The van der Waals surface area contributed by atoms with E-state index in [-0.39, 0.29) is 28.9 Å². The Hall–Kier alpha value is -3.95. The molecule has 0 aromatic heterocycles. The van der Waals surface area contributed by atoms with Gasteiger partial charge in [0.15, 0.2) is 11.6 Å². The molecule has 190 valence electrons. The summed E-state index contributed by atoms with van der Waals surface area (Å²) in [7, 11) is 2.27. The maximum absolute atomic E-state index is 12.7. The molecule has 0 heterocycles. The second-order valence-electron chi connectivity index (χ2n) is 8.34. The van der Waals surface area contributed by atoms with Crippen molar-refractivity contribution < 1.29 is 49.4 Å². The van der Waals surface area contributed by atoms with Crippen molar-refractivity contribution in [3.63, 3.8) is 0 Å². The maximum atomic E-state index is 12.7. The molecule has 2 aromatic rings. The van der Waals surface area contributed by atoms with E-state index in [0.717, 1.165) is 7.11 Å². The number of rotatable bonds is 9. The zero-order valence-corrected chi connectivity index (χ0v) is 20.5. The van der Waals surface area contributed by atoms with Gasteiger partial charge in [0.25, 0.3) is 0 Å². The molecule has 0 fully saturated rings. The van der Waals surface area contributed by atoms with Crippen LogP contribution in [0, 0.1) is 12.8 Å². The maximum Gasteiger partial charge on any atom is 0.345 e. The average molecular weight is 491 g/mol. The van der Waals surface area contributed by atoms with Crippen molar-refractivity contribution in [1.82, 2.24) is 0 Å². The number of phenols is 5. The lowest BCUT2D eigenvalue weighted by Crippen LogP contribution is -2.13. The summed E-state index contributed by atoms with van der Waals surface area (Å²) in [4.78, 5) is 37.8. The number of esters is 1. The number of Topliss-reactive ketones (excluding diaryl/α,β-unsaturated/α-hetero) is 2. The molecule has 0 unspecified atom stereocenters. The van der Waals surface area contributed by atoms with E-state index >= 15 is 0 Å². The summed E-state index contributed by atoms with van der Waals surface area (Å²) in [5, 5.41) is 54.0. The lowest BCUT2D eigenvalue weighted by Gasteiger charge is -2.21. The van der Waals surface area contributed by atoms with Crippen molar-refractivity contribution in [3.8, 4) is 34.5 Å². The predicted molar refractivity (Wildman–Crippen MR) is 125 cm³/mol. The van der Waals surface area contributed by atoms with Crippen LogP contribution in [-0.4, -0.2) is 57.3 Å². The van der Waals surface area contributed by atoms with E-state index in [2.05, 4.69) is 4.74 Å². The topological polar surface area (TPSA) is 171 Å². The summed E-state index contributed by atoms with van der Waals surface area (Å²) >= 11 is 0. The molecule has 10 heteroatoms. The van der Waals surface area contributed by atoms with Crippen LogP contribution in [0.5, 0.6) is 34.5 Å². The van der Waals surface area contributed by atoms with E-state index in [1.807, 2.05) is 0 Å². The molecule has 0 atom stereocenters. The smallest absolute Gasteiger partial charge is 0.345 e. The Morgan fingerprint density at radius 3 is 1.80 bits per heavy atom. The Kier molecular flexibility index (Phi) is 8.22. The predicted octanol–water partition coefficient (Wildman–Crippen LogP) is 3.73. The van der Waals surface area contributed by atoms with Crippen molar-refractivity contribution in [3.05, 3.63) is 33.4 Å². The van der Waals surface area contributed by atoms with E-state index in [1.165, 1.54) is 27.9 Å². The molecule has 35 heavy (non-hydrogen) atoms. The van der Waals surface area contributed by atoms with Gasteiger partial charge in [-0.1, -0.05) is 20.8 Å². The standard InChI is InChI=1S/C25H30O10/c1-7-8-14(26)15-20(29)12(19(28)11(4)24(15)34-5)9-13-21(30)16(18(27)10(2)3)23(32)17(22(13)31)25(33)35-6/h10,28-32H,7-9H2,1-6H3. The van der Waals surface area contributed by atoms with Crippen molar-refractivity contribution in [2.24, 2.45) is 5.92 Å². The highest BCUT2D eigenvalue weighted by Crippen LogP contribution is 2.48. The number of carbonyl (C=O) groups excluding carboxylic acids is 3. The van der Waals surface area contributed by atoms with Gasteiger partial charge in [0.2, 0.25) is 0 Å². The van der Waals surface area contributed by atoms with Crippen LogP contribution in [-0.2, 0) is 11.2 Å². The molecular formula is C25H30O10. The van der Waals surface area contributed by atoms with Crippen LogP contribution in [0.1, 0.15) is 81.4 Å². The molecule has 0 aliphatic heterocycles. The second kappa shape index (κ2) is 10.5. The quantitative estimate of drug-likeness (QED) is 0.258. The van der Waals surface area contributed by atoms with Crippen LogP contribution >= 0.6 is 0 Å². The number of hydrogen-bond acceptors (Lipinski definition) is 10. The van der Waals surface area contributed by atoms with Crippen molar-refractivity contribution in [1.29, 1.82) is 0 Å². The number of aromatic hydroxyl groups is 5. The number of phenolic OH excluding ortho intramolecular Hbond substituents is 5. The summed E-state index contributed by atoms with van der Waals surface area (Å²) < 4.78 is 9.84. The number of hydrogen-bond donors (Lipinski definition) is 5. The first-order chi connectivity index (χ1) is 16.3. The monoisotopic (exact) mass is 490 g/mol. The molecular weight excluding hydrogens is 460 g/mol. The van der Waals surface area contributed by atoms with E-state index in [0.29, 0.717) is 6.42 Å². The van der Waals surface area contributed by atoms with Gasteiger partial charge in [0.05, 0.1) is 14.2 Å². The van der Waals surface area contributed by atoms with Crippen LogP contribution in [0.3, 0.4) is 0 Å². The van der Waals surface area contributed by atoms with Crippen LogP contribution < -0.4 is 4.74 Å². The first kappa shape index (κ1) is 27.3. The molecule has 0 aliphatic carbocycles. The Balaban J connectivity index is 2.94. The molecule has 5 N–H and O–H groups in total. The fourth-order valence-electron chi connectivity index (χ4n) is 3.85. The molecule has 0 spiro atoms. The van der Waals surface area contributed by atoms with E-state index in [4.69, 9.17) is 4.74 Å². The normalized spacial score (nSPS) is 10.9. The Morgan fingerprint density at radius 1 is 0.800 bits per heavy atom. The zero-order valence-electron chi connectivity index (χ0n) is 20.5. The fourth-order valence-corrected chi connectivity index (χ4v) is 3.85. The second-order valence-corrected chi connectivity index (χ2v) is 8.34. The average Bonchev–Trinajstić information content (AvgIpc) is 2.80. The number of methoxy groups -OCH3 is 2. The lowest BCUT2D eigenvalue weighted by atomic mass is 9.88. The molecule has 0 amide bonds. The first-order valence-electron chi connectivity index (χ1n) is 10.9. The van der Waals surface area contributed by atoms with Gasteiger partial charge in [0.1, 0.15) is 51.2 Å². The minimum Gasteiger partial charge on any atom is -0.507 e. The van der Waals surface area contributed by atoms with Crippen molar-refractivity contribution in [2.45, 2.75) is 47.0 Å². The van der Waals surface area contributed by atoms with Gasteiger partial charge >= 0.3 is 5.97 Å². The molecule has 0 radical (unpaired) electrons. The van der Waals surface area contributed by atoms with Crippen molar-refractivity contribution in [2.75, 3.05) is 14.2 Å². The largest absolute Gasteiger partial charge is 0.507 e. The highest BCUT2D eigenvalue weighted by Gasteiger charge is 2.34. The van der Waals surface area contributed by atoms with Gasteiger partial charge in [-0.25, -0.2) is 4.79 Å². The minimum absolute atomic E-state index is 0.0349. The summed E-state index contributed by atoms with van der Waals surface area (Å²) in [6.07, 6.45) is -0.0720. The van der Waals surface area contributed by atoms with Gasteiger partial charge in [-0.3, -0.25) is 9.59 Å². The number of benzene rings is 2. The van der Waals surface area contributed by atoms with Crippen LogP contribution in [0.2, 0.25) is 0 Å². The van der Waals surface area contributed by atoms with Gasteiger partial charge in [-0.2, -0.15) is 0 Å². The summed E-state index contributed by atoms with van der Waals surface area (Å²) in [5.74, 6) is -6.99. The van der Waals surface area contributed by atoms with Crippen molar-refractivity contribution >= 4 is 17.5 Å². The molecule has 2 rings (SSSR count). The molecule has 10 nitrogen and oxygen atoms in total. The van der Waals surface area contributed by atoms with Gasteiger partial charge in [0, 0.05) is 35.4 Å². The summed E-state index contributed by atoms with van der Waals surface area (Å²) in [6.45, 7) is 6.22. The van der Waals surface area contributed by atoms with E-state index in [1.54, 1.807) is 6.92 Å². The van der Waals surface area contributed by atoms with Gasteiger partial charge < -0.3 is 35.0 Å². The molecule has 0 aliphatic rings. The van der Waals surface area contributed by atoms with Gasteiger partial charge in [-0.05, 0) is 13.3 Å². The van der Waals surface area contributed by atoms with Crippen LogP contribution in [0.4, 0.5) is 0 Å². The molecule has 0 saturated carbocycles. The molecule has 2 aromatic carbocycles. The highest BCUT2D eigenvalue weighted by atomic mass is 16.5. The Labute approximate surface area is 202 Å². The number of ether oxygens (including phenoxy) is 2. The third kappa shape index (κ3) is 4.68. The van der Waals surface area contributed by atoms with Crippen LogP contribution in [0.15, 0.2) is 0 Å². The van der Waals surface area contributed by atoms with E-state index < -0.39 is 75.3 Å². The lowest BCUT2D eigenvalue weighted by molar-refractivity contribution is 0.0593. The molecule has 0 saturated heterocycles. The Morgan fingerprint density at radius 2 is 1.31 bits per heavy atom. The fraction of sp³-hybridized carbons (Fsp3) is 0.400. The SMILES string of the molecule is CCCC(=O)c1c(O)c(Cc2c(O)c(C(=O)OC)c(O)c(C(=O)C(C)C)c2O)c(O)c(C)c1OC. The third-order valence-corrected chi connectivity index (χ3v) is 5.72. The van der Waals surface area contributed by atoms with Gasteiger partial charge in [-0.15, -0.1) is 0 Å². The Bertz CT molecular complexity index is 1190. The number of ketones is 2. The highest BCUT2D eigenvalue weighted by molar-refractivity contribution is 6.08. The first-order valence-corrected chi connectivity index (χ1v) is 10.9. The summed E-state index contributed by atoms with van der Waals surface area (Å²) in [5.41, 5.74) is -2.18. The minimum atomic E-state index is -1.18. The van der Waals surface area contributed by atoms with E-state index in [9.17, 15) is 39.9 Å². The molecule has 0 bridgehead atoms. The summed E-state index contributed by atoms with van der Waals surface area (Å²) in [6, 6.07) is 0. The number of carbonyl (C=O) groups is 3.